The number of halogens is 1. The van der Waals surface area contributed by atoms with E-state index in [9.17, 15) is 14.0 Å². The fourth-order valence-corrected chi connectivity index (χ4v) is 4.19. The van der Waals surface area contributed by atoms with Crippen molar-refractivity contribution < 1.29 is 9.18 Å². The minimum Gasteiger partial charge on any atom is -0.342 e. The summed E-state index contributed by atoms with van der Waals surface area (Å²) >= 11 is 1.56. The molecule has 0 saturated carbocycles. The fourth-order valence-electron chi connectivity index (χ4n) is 3.54. The lowest BCUT2D eigenvalue weighted by Gasteiger charge is -2.32. The van der Waals surface area contributed by atoms with Crippen LogP contribution in [-0.2, 0) is 11.2 Å². The first-order chi connectivity index (χ1) is 13.6. The van der Waals surface area contributed by atoms with Gasteiger partial charge in [0.15, 0.2) is 0 Å². The third-order valence-corrected chi connectivity index (χ3v) is 5.69. The summed E-state index contributed by atoms with van der Waals surface area (Å²) in [5, 5.41) is 3.92. The number of hydrogen-bond acceptors (Lipinski definition) is 4. The number of hydrogen-bond donors (Lipinski definition) is 1. The minimum atomic E-state index is -0.310. The molecule has 1 aliphatic rings. The van der Waals surface area contributed by atoms with E-state index < -0.39 is 0 Å². The lowest BCUT2D eigenvalue weighted by molar-refractivity contribution is -0.131. The first-order valence-electron chi connectivity index (χ1n) is 9.24. The molecule has 1 atom stereocenters. The smallest absolute Gasteiger partial charge is 0.251 e. The molecule has 3 heterocycles. The van der Waals surface area contributed by atoms with Crippen molar-refractivity contribution >= 4 is 17.2 Å². The van der Waals surface area contributed by atoms with E-state index in [1.54, 1.807) is 23.5 Å². The molecule has 0 radical (unpaired) electrons. The quantitative estimate of drug-likeness (QED) is 0.732. The number of nitrogens with one attached hydrogen (secondary N) is 1. The molecule has 4 rings (SSSR count). The Balaban J connectivity index is 1.50. The van der Waals surface area contributed by atoms with E-state index >= 15 is 0 Å². The van der Waals surface area contributed by atoms with Gasteiger partial charge in [-0.3, -0.25) is 9.59 Å². The van der Waals surface area contributed by atoms with E-state index in [1.165, 1.54) is 18.2 Å². The van der Waals surface area contributed by atoms with Crippen LogP contribution in [0.2, 0.25) is 0 Å². The first kappa shape index (κ1) is 18.6. The van der Waals surface area contributed by atoms with Crippen molar-refractivity contribution in [2.24, 2.45) is 0 Å². The molecular weight excluding hydrogens is 377 g/mol. The summed E-state index contributed by atoms with van der Waals surface area (Å²) in [6, 6.07) is 9.45. The normalized spacial score (nSPS) is 16.9. The molecule has 5 nitrogen and oxygen atoms in total. The first-order valence-corrected chi connectivity index (χ1v) is 10.2. The van der Waals surface area contributed by atoms with E-state index in [0.29, 0.717) is 24.6 Å². The summed E-state index contributed by atoms with van der Waals surface area (Å²) in [5.74, 6) is 0.326. The number of rotatable bonds is 4. The summed E-state index contributed by atoms with van der Waals surface area (Å²) in [7, 11) is 0. The molecule has 0 aliphatic carbocycles. The number of benzene rings is 1. The predicted molar refractivity (Wildman–Crippen MR) is 107 cm³/mol. The van der Waals surface area contributed by atoms with Gasteiger partial charge in [0.05, 0.1) is 12.1 Å². The second-order valence-corrected chi connectivity index (χ2v) is 7.79. The van der Waals surface area contributed by atoms with Gasteiger partial charge in [-0.15, -0.1) is 0 Å². The Morgan fingerprint density at radius 2 is 2.11 bits per heavy atom. The van der Waals surface area contributed by atoms with Gasteiger partial charge in [-0.1, -0.05) is 12.1 Å². The van der Waals surface area contributed by atoms with Gasteiger partial charge in [-0.2, -0.15) is 11.3 Å². The average molecular weight is 397 g/mol. The van der Waals surface area contributed by atoms with Crippen molar-refractivity contribution in [1.82, 2.24) is 14.9 Å². The molecule has 2 aromatic heterocycles. The Morgan fingerprint density at radius 1 is 1.29 bits per heavy atom. The van der Waals surface area contributed by atoms with Crippen LogP contribution in [0.15, 0.2) is 52.0 Å². The number of aromatic nitrogens is 2. The van der Waals surface area contributed by atoms with E-state index in [1.807, 2.05) is 21.7 Å². The van der Waals surface area contributed by atoms with Crippen molar-refractivity contribution in [3.63, 3.8) is 0 Å². The Kier molecular flexibility index (Phi) is 5.34. The van der Waals surface area contributed by atoms with Gasteiger partial charge < -0.3 is 9.88 Å². The molecule has 0 bridgehead atoms. The zero-order chi connectivity index (χ0) is 19.5. The third-order valence-electron chi connectivity index (χ3n) is 5.01. The standard InChI is InChI=1S/C21H20FN3O2S/c22-17-5-3-14(4-6-17)10-20(27)25-8-1-2-15(12-25)21-23-18(11-19(26)24-21)16-7-9-28-13-16/h3-7,9,11,13,15H,1-2,8,10,12H2,(H,23,24,26). The third kappa shape index (κ3) is 4.20. The Hall–Kier alpha value is -2.80. The van der Waals surface area contributed by atoms with E-state index in [-0.39, 0.29) is 29.6 Å². The van der Waals surface area contributed by atoms with Crippen molar-refractivity contribution in [2.45, 2.75) is 25.2 Å². The lowest BCUT2D eigenvalue weighted by Crippen LogP contribution is -2.40. The number of nitrogens with zero attached hydrogens (tertiary/aromatic N) is 2. The topological polar surface area (TPSA) is 66.1 Å². The summed E-state index contributed by atoms with van der Waals surface area (Å²) in [5.41, 5.74) is 2.20. The van der Waals surface area contributed by atoms with E-state index in [4.69, 9.17) is 0 Å². The Labute approximate surface area is 165 Å². The van der Waals surface area contributed by atoms with Gasteiger partial charge in [0.1, 0.15) is 11.6 Å². The Bertz CT molecular complexity index is 1010. The van der Waals surface area contributed by atoms with E-state index in [0.717, 1.165) is 24.0 Å². The molecule has 1 saturated heterocycles. The van der Waals surface area contributed by atoms with E-state index in [2.05, 4.69) is 9.97 Å². The van der Waals surface area contributed by atoms with Crippen LogP contribution in [0, 0.1) is 5.82 Å². The molecule has 7 heteroatoms. The highest BCUT2D eigenvalue weighted by Gasteiger charge is 2.26. The number of H-pyrrole nitrogens is 1. The van der Waals surface area contributed by atoms with Crippen LogP contribution in [-0.4, -0.2) is 33.9 Å². The number of likely N-dealkylation sites (tertiary alicyclic amines) is 1. The highest BCUT2D eigenvalue weighted by Crippen LogP contribution is 2.26. The summed E-state index contributed by atoms with van der Waals surface area (Å²) < 4.78 is 13.1. The average Bonchev–Trinajstić information content (AvgIpc) is 3.24. The maximum absolute atomic E-state index is 13.1. The van der Waals surface area contributed by atoms with Crippen molar-refractivity contribution in [1.29, 1.82) is 0 Å². The van der Waals surface area contributed by atoms with Crippen molar-refractivity contribution in [3.05, 3.63) is 74.7 Å². The molecule has 1 unspecified atom stereocenters. The van der Waals surface area contributed by atoms with Crippen LogP contribution in [0.25, 0.3) is 11.3 Å². The molecule has 1 amide bonds. The second kappa shape index (κ2) is 8.06. The molecule has 144 valence electrons. The maximum Gasteiger partial charge on any atom is 0.251 e. The van der Waals surface area contributed by atoms with Crippen LogP contribution in [0.4, 0.5) is 4.39 Å². The zero-order valence-corrected chi connectivity index (χ0v) is 16.0. The van der Waals surface area contributed by atoms with Gasteiger partial charge in [0.25, 0.3) is 5.56 Å². The van der Waals surface area contributed by atoms with Gasteiger partial charge in [-0.05, 0) is 42.0 Å². The number of carbonyl (C=O) groups is 1. The molecule has 1 N–H and O–H groups in total. The fraction of sp³-hybridized carbons (Fsp3) is 0.286. The second-order valence-electron chi connectivity index (χ2n) is 7.01. The molecule has 1 fully saturated rings. The predicted octanol–water partition coefficient (Wildman–Crippen LogP) is 3.59. The number of carbonyl (C=O) groups excluding carboxylic acids is 1. The van der Waals surface area contributed by atoms with Gasteiger partial charge in [-0.25, -0.2) is 9.37 Å². The van der Waals surface area contributed by atoms with Gasteiger partial charge >= 0.3 is 0 Å². The summed E-state index contributed by atoms with van der Waals surface area (Å²) in [4.78, 5) is 34.1. The molecule has 28 heavy (non-hydrogen) atoms. The summed E-state index contributed by atoms with van der Waals surface area (Å²) in [6.07, 6.45) is 1.97. The molecule has 1 aromatic carbocycles. The lowest BCUT2D eigenvalue weighted by atomic mass is 9.96. The van der Waals surface area contributed by atoms with Crippen LogP contribution in [0.3, 0.4) is 0 Å². The van der Waals surface area contributed by atoms with Crippen molar-refractivity contribution in [3.8, 4) is 11.3 Å². The molecular formula is C21H20FN3O2S. The summed E-state index contributed by atoms with van der Waals surface area (Å²) in [6.45, 7) is 1.21. The molecule has 0 spiro atoms. The highest BCUT2D eigenvalue weighted by molar-refractivity contribution is 7.08. The molecule has 3 aromatic rings. The monoisotopic (exact) mass is 397 g/mol. The van der Waals surface area contributed by atoms with Crippen LogP contribution in [0.1, 0.15) is 30.1 Å². The van der Waals surface area contributed by atoms with Crippen LogP contribution >= 0.6 is 11.3 Å². The minimum absolute atomic E-state index is 0.00259. The number of piperidine rings is 1. The maximum atomic E-state index is 13.1. The van der Waals surface area contributed by atoms with Crippen LogP contribution in [0.5, 0.6) is 0 Å². The largest absolute Gasteiger partial charge is 0.342 e. The van der Waals surface area contributed by atoms with Gasteiger partial charge in [0, 0.05) is 36.0 Å². The van der Waals surface area contributed by atoms with Gasteiger partial charge in [0.2, 0.25) is 5.91 Å². The van der Waals surface area contributed by atoms with Crippen LogP contribution < -0.4 is 5.56 Å². The molecule has 1 aliphatic heterocycles. The number of aromatic amines is 1. The highest BCUT2D eigenvalue weighted by atomic mass is 32.1. The SMILES string of the molecule is O=C(Cc1ccc(F)cc1)N1CCCC(c2nc(-c3ccsc3)cc(=O)[nH]2)C1. The van der Waals surface area contributed by atoms with Crippen molar-refractivity contribution in [2.75, 3.05) is 13.1 Å². The number of amides is 1. The number of thiophene rings is 1. The Morgan fingerprint density at radius 3 is 2.86 bits per heavy atom. The zero-order valence-electron chi connectivity index (χ0n) is 15.2.